The molecule has 176 valence electrons. The van der Waals surface area contributed by atoms with E-state index in [1.807, 2.05) is 0 Å². The number of ether oxygens (including phenoxy) is 3. The summed E-state index contributed by atoms with van der Waals surface area (Å²) in [6, 6.07) is 5.22. The first kappa shape index (κ1) is 21.8. The van der Waals surface area contributed by atoms with Crippen molar-refractivity contribution < 1.29 is 28.6 Å². The maximum Gasteiger partial charge on any atom is 0.350 e. The van der Waals surface area contributed by atoms with E-state index in [4.69, 9.17) is 14.2 Å². The molecule has 33 heavy (non-hydrogen) atoms. The van der Waals surface area contributed by atoms with Crippen LogP contribution >= 0.6 is 0 Å². The number of anilines is 2. The number of hydrogen-bond donors (Lipinski definition) is 2. The Morgan fingerprint density at radius 1 is 1.03 bits per heavy atom. The zero-order valence-electron chi connectivity index (χ0n) is 19.2. The third-order valence-electron chi connectivity index (χ3n) is 7.47. The normalized spacial score (nSPS) is 31.5. The van der Waals surface area contributed by atoms with Gasteiger partial charge in [-0.15, -0.1) is 0 Å². The van der Waals surface area contributed by atoms with Crippen LogP contribution in [0, 0.1) is 23.2 Å². The van der Waals surface area contributed by atoms with Gasteiger partial charge in [-0.1, -0.05) is 0 Å². The third-order valence-corrected chi connectivity index (χ3v) is 7.47. The highest BCUT2D eigenvalue weighted by Gasteiger charge is 2.54. The van der Waals surface area contributed by atoms with Gasteiger partial charge in [0, 0.05) is 31.8 Å². The van der Waals surface area contributed by atoms with Gasteiger partial charge >= 0.3 is 11.9 Å². The summed E-state index contributed by atoms with van der Waals surface area (Å²) < 4.78 is 15.7. The zero-order valence-corrected chi connectivity index (χ0v) is 19.2. The molecule has 4 saturated carbocycles. The minimum absolute atomic E-state index is 0.0954. The molecule has 1 heterocycles. The first-order valence-electron chi connectivity index (χ1n) is 11.6. The van der Waals surface area contributed by atoms with Crippen LogP contribution in [0.25, 0.3) is 0 Å². The first-order chi connectivity index (χ1) is 15.7. The van der Waals surface area contributed by atoms with Crippen molar-refractivity contribution in [2.75, 3.05) is 17.7 Å². The molecule has 0 spiro atoms. The van der Waals surface area contributed by atoms with E-state index in [1.165, 1.54) is 46.4 Å². The highest BCUT2D eigenvalue weighted by molar-refractivity contribution is 6.15. The fourth-order valence-corrected chi connectivity index (χ4v) is 6.46. The summed E-state index contributed by atoms with van der Waals surface area (Å²) in [5.41, 5.74) is 0.705. The van der Waals surface area contributed by atoms with E-state index in [-0.39, 0.29) is 16.9 Å². The maximum absolute atomic E-state index is 13.4. The number of benzene rings is 1. The van der Waals surface area contributed by atoms with Crippen LogP contribution in [-0.4, -0.2) is 30.7 Å². The van der Waals surface area contributed by atoms with Crippen molar-refractivity contribution in [3.8, 4) is 5.75 Å². The SMILES string of the molecule is COc1cc(NC=C2C(=O)OC(C)(C)OC2=O)ccc1NC(=O)C12CC3CC(CC(C3)C1)C2. The highest BCUT2D eigenvalue weighted by atomic mass is 16.7. The van der Waals surface area contributed by atoms with E-state index in [0.717, 1.165) is 19.3 Å². The van der Waals surface area contributed by atoms with Crippen LogP contribution < -0.4 is 15.4 Å². The van der Waals surface area contributed by atoms with Crippen molar-refractivity contribution in [2.24, 2.45) is 23.2 Å². The van der Waals surface area contributed by atoms with Gasteiger partial charge in [0.25, 0.3) is 5.79 Å². The second-order valence-corrected chi connectivity index (χ2v) is 10.4. The second-order valence-electron chi connectivity index (χ2n) is 10.4. The number of cyclic esters (lactones) is 2. The Balaban J connectivity index is 1.30. The smallest absolute Gasteiger partial charge is 0.350 e. The fraction of sp³-hybridized carbons (Fsp3) is 0.560. The van der Waals surface area contributed by atoms with Gasteiger partial charge in [0.15, 0.2) is 5.57 Å². The minimum atomic E-state index is -1.29. The number of methoxy groups -OCH3 is 1. The van der Waals surface area contributed by atoms with E-state index < -0.39 is 17.7 Å². The molecule has 1 aromatic rings. The fourth-order valence-electron chi connectivity index (χ4n) is 6.46. The van der Waals surface area contributed by atoms with Gasteiger partial charge in [-0.25, -0.2) is 9.59 Å². The molecule has 1 aliphatic heterocycles. The highest BCUT2D eigenvalue weighted by Crippen LogP contribution is 2.60. The summed E-state index contributed by atoms with van der Waals surface area (Å²) in [4.78, 5) is 37.6. The molecule has 8 heteroatoms. The van der Waals surface area contributed by atoms with Gasteiger partial charge in [0.1, 0.15) is 5.75 Å². The quantitative estimate of drug-likeness (QED) is 0.394. The number of amides is 1. The van der Waals surface area contributed by atoms with E-state index in [9.17, 15) is 14.4 Å². The summed E-state index contributed by atoms with van der Waals surface area (Å²) in [5, 5.41) is 6.03. The topological polar surface area (TPSA) is 103 Å². The number of carbonyl (C=O) groups is 3. The van der Waals surface area contributed by atoms with Crippen LogP contribution in [0.2, 0.25) is 0 Å². The van der Waals surface area contributed by atoms with Crippen LogP contribution in [0.4, 0.5) is 11.4 Å². The Morgan fingerprint density at radius 3 is 2.15 bits per heavy atom. The molecule has 0 atom stereocenters. The molecule has 0 aromatic heterocycles. The Hall–Kier alpha value is -3.03. The van der Waals surface area contributed by atoms with Crippen molar-refractivity contribution in [2.45, 2.75) is 58.2 Å². The predicted octanol–water partition coefficient (Wildman–Crippen LogP) is 3.98. The van der Waals surface area contributed by atoms with Gasteiger partial charge < -0.3 is 24.8 Å². The van der Waals surface area contributed by atoms with Gasteiger partial charge in [-0.05, 0) is 68.4 Å². The summed E-state index contributed by atoms with van der Waals surface area (Å²) in [7, 11) is 1.54. The molecule has 5 fully saturated rings. The van der Waals surface area contributed by atoms with Gasteiger partial charge in [-0.2, -0.15) is 0 Å². The largest absolute Gasteiger partial charge is 0.494 e. The summed E-state index contributed by atoms with van der Waals surface area (Å²) in [6.45, 7) is 2.99. The van der Waals surface area contributed by atoms with Crippen LogP contribution in [-0.2, 0) is 23.9 Å². The minimum Gasteiger partial charge on any atom is -0.494 e. The van der Waals surface area contributed by atoms with Crippen LogP contribution in [0.5, 0.6) is 5.75 Å². The van der Waals surface area contributed by atoms with E-state index >= 15 is 0 Å². The lowest BCUT2D eigenvalue weighted by Crippen LogP contribution is -2.51. The molecule has 8 nitrogen and oxygen atoms in total. The lowest BCUT2D eigenvalue weighted by atomic mass is 9.49. The molecule has 4 aliphatic carbocycles. The molecular formula is C25H30N2O6. The Kier molecular flexibility index (Phi) is 5.14. The molecule has 1 amide bonds. The number of rotatable bonds is 5. The monoisotopic (exact) mass is 454 g/mol. The number of carbonyl (C=O) groups excluding carboxylic acids is 3. The Bertz CT molecular complexity index is 986. The van der Waals surface area contributed by atoms with E-state index in [0.29, 0.717) is 34.9 Å². The van der Waals surface area contributed by atoms with Crippen molar-refractivity contribution in [1.82, 2.24) is 0 Å². The van der Waals surface area contributed by atoms with Gasteiger partial charge in [0.05, 0.1) is 18.2 Å². The zero-order chi connectivity index (χ0) is 23.4. The van der Waals surface area contributed by atoms with Crippen LogP contribution in [0.15, 0.2) is 30.0 Å². The molecule has 2 N–H and O–H groups in total. The third kappa shape index (κ3) is 4.07. The first-order valence-corrected chi connectivity index (χ1v) is 11.6. The average molecular weight is 455 g/mol. The number of hydrogen-bond acceptors (Lipinski definition) is 7. The predicted molar refractivity (Wildman–Crippen MR) is 120 cm³/mol. The lowest BCUT2D eigenvalue weighted by molar-refractivity contribution is -0.222. The molecule has 1 aromatic carbocycles. The molecular weight excluding hydrogens is 424 g/mol. The molecule has 6 rings (SSSR count). The Labute approximate surface area is 193 Å². The van der Waals surface area contributed by atoms with Crippen molar-refractivity contribution in [3.05, 3.63) is 30.0 Å². The van der Waals surface area contributed by atoms with Gasteiger partial charge in [-0.3, -0.25) is 4.79 Å². The van der Waals surface area contributed by atoms with Crippen molar-refractivity contribution in [1.29, 1.82) is 0 Å². The molecule has 0 radical (unpaired) electrons. The summed E-state index contributed by atoms with van der Waals surface area (Å²) in [6.07, 6.45) is 8.07. The number of esters is 2. The molecule has 5 aliphatic rings. The summed E-state index contributed by atoms with van der Waals surface area (Å²) in [5.74, 6) is -0.146. The molecule has 4 bridgehead atoms. The summed E-state index contributed by atoms with van der Waals surface area (Å²) >= 11 is 0. The van der Waals surface area contributed by atoms with Crippen LogP contribution in [0.3, 0.4) is 0 Å². The van der Waals surface area contributed by atoms with Gasteiger partial charge in [0.2, 0.25) is 5.91 Å². The maximum atomic E-state index is 13.4. The van der Waals surface area contributed by atoms with E-state index in [2.05, 4.69) is 10.6 Å². The van der Waals surface area contributed by atoms with Crippen LogP contribution in [0.1, 0.15) is 52.4 Å². The average Bonchev–Trinajstić information content (AvgIpc) is 2.72. The lowest BCUT2D eigenvalue weighted by Gasteiger charge is -2.55. The Morgan fingerprint density at radius 2 is 1.61 bits per heavy atom. The number of nitrogens with one attached hydrogen (secondary N) is 2. The second kappa shape index (κ2) is 7.78. The van der Waals surface area contributed by atoms with E-state index in [1.54, 1.807) is 18.2 Å². The molecule has 1 saturated heterocycles. The molecule has 0 unspecified atom stereocenters. The van der Waals surface area contributed by atoms with Crippen molar-refractivity contribution in [3.63, 3.8) is 0 Å². The van der Waals surface area contributed by atoms with Crippen molar-refractivity contribution >= 4 is 29.2 Å². The standard InChI is InChI=1S/C25H30N2O6/c1-24(2)32-21(28)18(22(29)33-24)13-26-17-4-5-19(20(9-17)31-3)27-23(30)25-10-14-6-15(11-25)8-16(7-14)12-25/h4-5,9,13-16,26H,6-8,10-12H2,1-3H3,(H,27,30).